The van der Waals surface area contributed by atoms with E-state index in [1.807, 2.05) is 0 Å². The molecule has 1 aromatic heterocycles. The second-order valence-electron chi connectivity index (χ2n) is 6.40. The lowest BCUT2D eigenvalue weighted by atomic mass is 10.0. The second-order valence-corrected chi connectivity index (χ2v) is 6.81. The van der Waals surface area contributed by atoms with Gasteiger partial charge in [-0.3, -0.25) is 9.78 Å². The summed E-state index contributed by atoms with van der Waals surface area (Å²) in [4.78, 5) is 18.4. The number of hydrogen-bond acceptors (Lipinski definition) is 5. The SMILES string of the molecule is N#Cc1c(-c2ccccc2)nc(NN=Cc2c(Cl)cc(C(F)(F)F)cc2C(F)(F)F)[nH]c1=O. The molecule has 6 nitrogen and oxygen atoms in total. The van der Waals surface area contributed by atoms with Gasteiger partial charge in [0.15, 0.2) is 0 Å². The van der Waals surface area contributed by atoms with Crippen molar-refractivity contribution in [2.24, 2.45) is 5.10 Å². The highest BCUT2D eigenvalue weighted by molar-refractivity contribution is 6.33. The number of hydrogen-bond donors (Lipinski definition) is 2. The van der Waals surface area contributed by atoms with E-state index in [-0.39, 0.29) is 23.3 Å². The summed E-state index contributed by atoms with van der Waals surface area (Å²) in [5, 5.41) is 11.9. The van der Waals surface area contributed by atoms with Crippen LogP contribution in [0.3, 0.4) is 0 Å². The number of rotatable bonds is 4. The first kappa shape index (κ1) is 23.8. The highest BCUT2D eigenvalue weighted by Crippen LogP contribution is 2.39. The van der Waals surface area contributed by atoms with Crippen LogP contribution in [-0.4, -0.2) is 16.2 Å². The molecule has 0 aliphatic carbocycles. The van der Waals surface area contributed by atoms with E-state index in [1.54, 1.807) is 36.4 Å². The van der Waals surface area contributed by atoms with E-state index >= 15 is 0 Å². The summed E-state index contributed by atoms with van der Waals surface area (Å²) in [6.07, 6.45) is -9.66. The Kier molecular flexibility index (Phi) is 6.46. The van der Waals surface area contributed by atoms with Gasteiger partial charge in [0.2, 0.25) is 5.95 Å². The number of hydrazone groups is 1. The third kappa shape index (κ3) is 5.32. The van der Waals surface area contributed by atoms with Gasteiger partial charge in [-0.2, -0.15) is 36.7 Å². The first-order valence-electron chi connectivity index (χ1n) is 8.78. The fourth-order valence-electron chi connectivity index (χ4n) is 2.74. The number of nitriles is 1. The molecule has 1 heterocycles. The van der Waals surface area contributed by atoms with Crippen molar-refractivity contribution in [3.63, 3.8) is 0 Å². The van der Waals surface area contributed by atoms with Gasteiger partial charge in [0.25, 0.3) is 5.56 Å². The van der Waals surface area contributed by atoms with Crippen LogP contribution in [-0.2, 0) is 12.4 Å². The molecule has 170 valence electrons. The molecule has 2 aromatic carbocycles. The minimum Gasteiger partial charge on any atom is -0.290 e. The van der Waals surface area contributed by atoms with Crippen LogP contribution in [0.2, 0.25) is 5.02 Å². The van der Waals surface area contributed by atoms with Crippen molar-refractivity contribution in [2.45, 2.75) is 12.4 Å². The van der Waals surface area contributed by atoms with Crippen LogP contribution in [0.1, 0.15) is 22.3 Å². The highest BCUT2D eigenvalue weighted by Gasteiger charge is 2.39. The summed E-state index contributed by atoms with van der Waals surface area (Å²) < 4.78 is 78.6. The van der Waals surface area contributed by atoms with Crippen molar-refractivity contribution in [2.75, 3.05) is 5.43 Å². The van der Waals surface area contributed by atoms with Gasteiger partial charge in [-0.15, -0.1) is 0 Å². The topological polar surface area (TPSA) is 93.9 Å². The number of nitrogens with one attached hydrogen (secondary N) is 2. The molecule has 13 heteroatoms. The van der Waals surface area contributed by atoms with Gasteiger partial charge < -0.3 is 0 Å². The van der Waals surface area contributed by atoms with Gasteiger partial charge in [-0.05, 0) is 12.1 Å². The molecule has 0 fully saturated rings. The minimum atomic E-state index is -5.16. The Hall–Kier alpha value is -3.85. The largest absolute Gasteiger partial charge is 0.417 e. The summed E-state index contributed by atoms with van der Waals surface area (Å²) in [6, 6.07) is 10.1. The Labute approximate surface area is 186 Å². The molecule has 0 aliphatic heterocycles. The number of nitrogens with zero attached hydrogens (tertiary/aromatic N) is 3. The second kappa shape index (κ2) is 8.95. The van der Waals surface area contributed by atoms with Crippen LogP contribution in [0, 0.1) is 11.3 Å². The molecule has 0 aliphatic rings. The Morgan fingerprint density at radius 3 is 2.33 bits per heavy atom. The first-order valence-corrected chi connectivity index (χ1v) is 9.16. The van der Waals surface area contributed by atoms with Crippen LogP contribution < -0.4 is 11.0 Å². The molecule has 3 rings (SSSR count). The number of anilines is 1. The predicted octanol–water partition coefficient (Wildman–Crippen LogP) is 5.45. The monoisotopic (exact) mass is 485 g/mol. The number of aromatic amines is 1. The number of alkyl halides is 6. The van der Waals surface area contributed by atoms with E-state index in [1.165, 1.54) is 0 Å². The zero-order chi connectivity index (χ0) is 24.4. The molecule has 0 saturated carbocycles. The van der Waals surface area contributed by atoms with Gasteiger partial charge in [0, 0.05) is 11.1 Å². The van der Waals surface area contributed by atoms with Crippen molar-refractivity contribution >= 4 is 23.8 Å². The smallest absolute Gasteiger partial charge is 0.290 e. The minimum absolute atomic E-state index is 0.0110. The quantitative estimate of drug-likeness (QED) is 0.292. The molecule has 0 unspecified atom stereocenters. The van der Waals surface area contributed by atoms with Crippen LogP contribution in [0.15, 0.2) is 52.4 Å². The van der Waals surface area contributed by atoms with E-state index < -0.39 is 39.6 Å². The van der Waals surface area contributed by atoms with E-state index in [0.29, 0.717) is 17.8 Å². The molecule has 0 radical (unpaired) electrons. The van der Waals surface area contributed by atoms with Crippen molar-refractivity contribution in [1.29, 1.82) is 5.26 Å². The van der Waals surface area contributed by atoms with Gasteiger partial charge in [0.05, 0.1) is 28.1 Å². The zero-order valence-corrected chi connectivity index (χ0v) is 16.8. The van der Waals surface area contributed by atoms with Crippen molar-refractivity contribution in [3.8, 4) is 17.3 Å². The summed E-state index contributed by atoms with van der Waals surface area (Å²) in [5.74, 6) is -0.328. The fraction of sp³-hybridized carbons (Fsp3) is 0.100. The standard InChI is InChI=1S/C20H10ClF6N5O/c21-15-7-11(19(22,23)24)6-14(20(25,26)27)13(15)9-29-32-18-30-16(10-4-2-1-3-5-10)12(8-28)17(33)31-18/h1-7,9H,(H2,30,31,32,33). The number of aromatic nitrogens is 2. The van der Waals surface area contributed by atoms with Crippen LogP contribution in [0.5, 0.6) is 0 Å². The molecule has 2 N–H and O–H groups in total. The van der Waals surface area contributed by atoms with E-state index in [4.69, 9.17) is 11.6 Å². The highest BCUT2D eigenvalue weighted by atomic mass is 35.5. The van der Waals surface area contributed by atoms with E-state index in [2.05, 4.69) is 20.5 Å². The third-order valence-corrected chi connectivity index (χ3v) is 4.52. The van der Waals surface area contributed by atoms with Crippen LogP contribution >= 0.6 is 11.6 Å². The van der Waals surface area contributed by atoms with Crippen molar-refractivity contribution in [3.05, 3.63) is 80.1 Å². The molecule has 0 spiro atoms. The maximum Gasteiger partial charge on any atom is 0.417 e. The Balaban J connectivity index is 2.01. The van der Waals surface area contributed by atoms with Crippen LogP contribution in [0.4, 0.5) is 32.3 Å². The van der Waals surface area contributed by atoms with Crippen molar-refractivity contribution < 1.29 is 26.3 Å². The lowest BCUT2D eigenvalue weighted by Gasteiger charge is -2.15. The Morgan fingerprint density at radius 2 is 1.76 bits per heavy atom. The maximum absolute atomic E-state index is 13.3. The molecular weight excluding hydrogens is 476 g/mol. The van der Waals surface area contributed by atoms with Crippen molar-refractivity contribution in [1.82, 2.24) is 9.97 Å². The Morgan fingerprint density at radius 1 is 1.09 bits per heavy atom. The van der Waals surface area contributed by atoms with E-state index in [0.717, 1.165) is 0 Å². The summed E-state index contributed by atoms with van der Waals surface area (Å²) in [6.45, 7) is 0. The van der Waals surface area contributed by atoms with E-state index in [9.17, 15) is 36.4 Å². The molecule has 33 heavy (non-hydrogen) atoms. The predicted molar refractivity (Wildman–Crippen MR) is 108 cm³/mol. The Bertz CT molecular complexity index is 1310. The fourth-order valence-corrected chi connectivity index (χ4v) is 3.01. The van der Waals surface area contributed by atoms with Gasteiger partial charge in [-0.25, -0.2) is 10.4 Å². The molecule has 0 bridgehead atoms. The van der Waals surface area contributed by atoms with Crippen LogP contribution in [0.25, 0.3) is 11.3 Å². The summed E-state index contributed by atoms with van der Waals surface area (Å²) >= 11 is 5.67. The first-order chi connectivity index (χ1) is 15.4. The molecule has 0 atom stereocenters. The maximum atomic E-state index is 13.3. The molecule has 3 aromatic rings. The van der Waals surface area contributed by atoms with Gasteiger partial charge in [0.1, 0.15) is 11.6 Å². The number of H-pyrrole nitrogens is 1. The number of halogens is 7. The van der Waals surface area contributed by atoms with Gasteiger partial charge >= 0.3 is 12.4 Å². The lowest BCUT2D eigenvalue weighted by Crippen LogP contribution is -2.16. The summed E-state index contributed by atoms with van der Waals surface area (Å²) in [7, 11) is 0. The zero-order valence-electron chi connectivity index (χ0n) is 16.0. The average Bonchev–Trinajstić information content (AvgIpc) is 2.73. The lowest BCUT2D eigenvalue weighted by molar-refractivity contribution is -0.143. The van der Waals surface area contributed by atoms with Gasteiger partial charge in [-0.1, -0.05) is 41.9 Å². The average molecular weight is 486 g/mol. The molecular formula is C20H10ClF6N5O. The third-order valence-electron chi connectivity index (χ3n) is 4.20. The normalized spacial score (nSPS) is 12.1. The number of benzene rings is 2. The molecule has 0 saturated heterocycles. The summed E-state index contributed by atoms with van der Waals surface area (Å²) in [5.41, 5.74) is -2.61. The molecule has 0 amide bonds.